The van der Waals surface area contributed by atoms with Gasteiger partial charge in [-0.25, -0.2) is 0 Å². The molecule has 0 atom stereocenters. The molecule has 2 N–H and O–H groups in total. The standard InChI is InChI=1S/C14H11BO2S.C14H10S/c16-15(17)18-14-6-5-12-7-10-3-1-2-4-11(10)8-13(12)9-14;15-14-7-3-6-12-8-10-4-1-2-5-11(10)9-13(12)14/h1-9,16-17H;1-9,15H. The van der Waals surface area contributed by atoms with Crippen LogP contribution in [-0.2, 0) is 0 Å². The van der Waals surface area contributed by atoms with Gasteiger partial charge in [0, 0.05) is 9.79 Å². The van der Waals surface area contributed by atoms with E-state index in [0.717, 1.165) is 32.2 Å². The second-order valence-electron chi connectivity index (χ2n) is 7.85. The summed E-state index contributed by atoms with van der Waals surface area (Å²) in [4.78, 5) is 1.89. The summed E-state index contributed by atoms with van der Waals surface area (Å²) in [5, 5.41) is 27.6. The molecule has 0 heterocycles. The number of hydrogen-bond acceptors (Lipinski definition) is 4. The molecule has 0 aliphatic carbocycles. The van der Waals surface area contributed by atoms with Crippen LogP contribution in [0.5, 0.6) is 0 Å². The quantitative estimate of drug-likeness (QED) is 0.143. The molecule has 0 saturated carbocycles. The van der Waals surface area contributed by atoms with E-state index in [1.54, 1.807) is 0 Å². The predicted molar refractivity (Wildman–Crippen MR) is 146 cm³/mol. The third-order valence-corrected chi connectivity index (χ3v) is 6.77. The molecule has 0 unspecified atom stereocenters. The summed E-state index contributed by atoms with van der Waals surface area (Å²) in [6.45, 7) is 0. The van der Waals surface area contributed by atoms with E-state index < -0.39 is 6.40 Å². The highest BCUT2D eigenvalue weighted by Crippen LogP contribution is 2.28. The van der Waals surface area contributed by atoms with E-state index in [0.29, 0.717) is 0 Å². The van der Waals surface area contributed by atoms with Crippen molar-refractivity contribution in [2.24, 2.45) is 0 Å². The molecule has 0 fully saturated rings. The fourth-order valence-electron chi connectivity index (χ4n) is 4.06. The van der Waals surface area contributed by atoms with E-state index in [1.807, 2.05) is 42.5 Å². The minimum Gasteiger partial charge on any atom is -0.418 e. The third kappa shape index (κ3) is 4.87. The molecule has 5 heteroatoms. The van der Waals surface area contributed by atoms with Gasteiger partial charge in [0.05, 0.1) is 0 Å². The first kappa shape index (κ1) is 21.9. The Kier molecular flexibility index (Phi) is 6.29. The first-order chi connectivity index (χ1) is 16.1. The number of rotatable bonds is 2. The van der Waals surface area contributed by atoms with Crippen LogP contribution in [0.4, 0.5) is 0 Å². The van der Waals surface area contributed by atoms with Crippen molar-refractivity contribution in [1.82, 2.24) is 0 Å². The van der Waals surface area contributed by atoms with Crippen LogP contribution in [0.3, 0.4) is 0 Å². The molecule has 6 aromatic rings. The highest BCUT2D eigenvalue weighted by Gasteiger charge is 2.09. The van der Waals surface area contributed by atoms with Crippen molar-refractivity contribution in [3.05, 3.63) is 109 Å². The zero-order chi connectivity index (χ0) is 22.8. The van der Waals surface area contributed by atoms with Gasteiger partial charge in [0.25, 0.3) is 0 Å². The van der Waals surface area contributed by atoms with Crippen molar-refractivity contribution >= 4 is 73.7 Å². The van der Waals surface area contributed by atoms with Gasteiger partial charge in [-0.3, -0.25) is 0 Å². The Bertz CT molecular complexity index is 1600. The molecule has 33 heavy (non-hydrogen) atoms. The Morgan fingerprint density at radius 1 is 0.515 bits per heavy atom. The monoisotopic (exact) mass is 464 g/mol. The summed E-state index contributed by atoms with van der Waals surface area (Å²) in [5.41, 5.74) is 0. The third-order valence-electron chi connectivity index (χ3n) is 5.64. The smallest absolute Gasteiger partial charge is 0.418 e. The second-order valence-corrected chi connectivity index (χ2v) is 9.46. The minimum absolute atomic E-state index is 0.854. The maximum absolute atomic E-state index is 8.97. The fraction of sp³-hybridized carbons (Fsp3) is 0. The molecule has 0 radical (unpaired) electrons. The van der Waals surface area contributed by atoms with E-state index in [9.17, 15) is 0 Å². The van der Waals surface area contributed by atoms with Crippen molar-refractivity contribution in [2.75, 3.05) is 0 Å². The van der Waals surface area contributed by atoms with E-state index in [1.165, 1.54) is 32.3 Å². The van der Waals surface area contributed by atoms with Crippen molar-refractivity contribution in [3.63, 3.8) is 0 Å². The van der Waals surface area contributed by atoms with Gasteiger partial charge in [-0.05, 0) is 85.6 Å². The number of fused-ring (bicyclic) bond motifs is 4. The molecule has 160 valence electrons. The van der Waals surface area contributed by atoms with Crippen LogP contribution in [0.1, 0.15) is 0 Å². The van der Waals surface area contributed by atoms with Crippen LogP contribution in [-0.4, -0.2) is 16.4 Å². The predicted octanol–water partition coefficient (Wildman–Crippen LogP) is 7.34. The van der Waals surface area contributed by atoms with E-state index in [4.69, 9.17) is 10.0 Å². The molecule has 6 aromatic carbocycles. The molecular weight excluding hydrogens is 443 g/mol. The molecular formula is C28H21BO2S2. The molecule has 0 saturated heterocycles. The summed E-state index contributed by atoms with van der Waals surface area (Å²) in [6.07, 6.45) is -1.37. The summed E-state index contributed by atoms with van der Waals surface area (Å²) in [7, 11) is 0. The maximum atomic E-state index is 8.97. The van der Waals surface area contributed by atoms with Crippen molar-refractivity contribution in [3.8, 4) is 0 Å². The SMILES string of the molecule is OB(O)Sc1ccc2cc3ccccc3cc2c1.Sc1cccc2cc3ccccc3cc12. The Hall–Kier alpha value is -2.96. The zero-order valence-corrected chi connectivity index (χ0v) is 19.4. The maximum Gasteiger partial charge on any atom is 0.530 e. The van der Waals surface area contributed by atoms with Crippen LogP contribution in [0.2, 0.25) is 0 Å². The molecule has 6 rings (SSSR count). The molecule has 0 amide bonds. The summed E-state index contributed by atoms with van der Waals surface area (Å²) in [5.74, 6) is 0. The van der Waals surface area contributed by atoms with E-state index in [2.05, 4.69) is 79.4 Å². The Morgan fingerprint density at radius 3 is 1.67 bits per heavy atom. The lowest BCUT2D eigenvalue weighted by Gasteiger charge is -2.05. The molecule has 0 bridgehead atoms. The van der Waals surface area contributed by atoms with Gasteiger partial charge in [0.1, 0.15) is 0 Å². The van der Waals surface area contributed by atoms with Crippen molar-refractivity contribution in [1.29, 1.82) is 0 Å². The van der Waals surface area contributed by atoms with E-state index in [-0.39, 0.29) is 0 Å². The second kappa shape index (κ2) is 9.50. The molecule has 0 aliphatic heterocycles. The topological polar surface area (TPSA) is 40.5 Å². The largest absolute Gasteiger partial charge is 0.530 e. The molecule has 0 aromatic heterocycles. The minimum atomic E-state index is -1.37. The van der Waals surface area contributed by atoms with Gasteiger partial charge in [0.2, 0.25) is 0 Å². The summed E-state index contributed by atoms with van der Waals surface area (Å²) in [6, 6.07) is 37.4. The number of thiol groups is 1. The van der Waals surface area contributed by atoms with Crippen LogP contribution >= 0.6 is 24.2 Å². The van der Waals surface area contributed by atoms with Crippen LogP contribution in [0.15, 0.2) is 119 Å². The molecule has 0 aliphatic rings. The van der Waals surface area contributed by atoms with Crippen LogP contribution < -0.4 is 0 Å². The highest BCUT2D eigenvalue weighted by atomic mass is 32.2. The van der Waals surface area contributed by atoms with Crippen LogP contribution in [0.25, 0.3) is 43.1 Å². The van der Waals surface area contributed by atoms with Gasteiger partial charge >= 0.3 is 6.40 Å². The lowest BCUT2D eigenvalue weighted by Crippen LogP contribution is -2.03. The lowest BCUT2D eigenvalue weighted by atomic mass is 10.0. The Morgan fingerprint density at radius 2 is 1.03 bits per heavy atom. The Balaban J connectivity index is 0.000000140. The van der Waals surface area contributed by atoms with E-state index >= 15 is 0 Å². The van der Waals surface area contributed by atoms with Gasteiger partial charge in [-0.2, -0.15) is 0 Å². The van der Waals surface area contributed by atoms with Crippen molar-refractivity contribution in [2.45, 2.75) is 9.79 Å². The highest BCUT2D eigenvalue weighted by molar-refractivity contribution is 8.23. The zero-order valence-electron chi connectivity index (χ0n) is 17.7. The fourth-order valence-corrected chi connectivity index (χ4v) is 4.93. The molecule has 2 nitrogen and oxygen atoms in total. The first-order valence-corrected chi connectivity index (χ1v) is 12.0. The molecule has 0 spiro atoms. The van der Waals surface area contributed by atoms with Gasteiger partial charge in [-0.1, -0.05) is 66.7 Å². The average Bonchev–Trinajstić information content (AvgIpc) is 2.82. The van der Waals surface area contributed by atoms with Gasteiger partial charge in [0.15, 0.2) is 0 Å². The Labute approximate surface area is 202 Å². The average molecular weight is 464 g/mol. The summed E-state index contributed by atoms with van der Waals surface area (Å²) < 4.78 is 0. The number of benzene rings is 6. The van der Waals surface area contributed by atoms with Gasteiger partial charge < -0.3 is 10.0 Å². The lowest BCUT2D eigenvalue weighted by molar-refractivity contribution is 0.438. The van der Waals surface area contributed by atoms with Crippen molar-refractivity contribution < 1.29 is 10.0 Å². The van der Waals surface area contributed by atoms with Crippen LogP contribution in [0, 0.1) is 0 Å². The number of hydrogen-bond donors (Lipinski definition) is 3. The normalized spacial score (nSPS) is 11.0. The van der Waals surface area contributed by atoms with Gasteiger partial charge in [-0.15, -0.1) is 24.2 Å². The first-order valence-electron chi connectivity index (χ1n) is 10.6. The summed E-state index contributed by atoms with van der Waals surface area (Å²) >= 11 is 5.51.